The average Bonchev–Trinajstić information content (AvgIpc) is 3.12. The minimum atomic E-state index is 0.244. The van der Waals surface area contributed by atoms with Gasteiger partial charge in [0.2, 0.25) is 0 Å². The highest BCUT2D eigenvalue weighted by Crippen LogP contribution is 2.23. The topological polar surface area (TPSA) is 36.1 Å². The molecule has 3 aromatic rings. The van der Waals surface area contributed by atoms with E-state index in [0.717, 1.165) is 42.0 Å². The van der Waals surface area contributed by atoms with E-state index in [1.807, 2.05) is 30.5 Å². The molecule has 0 saturated carbocycles. The summed E-state index contributed by atoms with van der Waals surface area (Å²) in [6, 6.07) is 18.8. The Balaban J connectivity index is 1.26. The van der Waals surface area contributed by atoms with Gasteiger partial charge in [0.15, 0.2) is 5.78 Å². The zero-order chi connectivity index (χ0) is 17.8. The number of fused-ring (bicyclic) bond motifs is 1. The van der Waals surface area contributed by atoms with Crippen molar-refractivity contribution in [3.63, 3.8) is 0 Å². The summed E-state index contributed by atoms with van der Waals surface area (Å²) in [4.78, 5) is 18.3. The van der Waals surface area contributed by atoms with Crippen molar-refractivity contribution in [1.29, 1.82) is 0 Å². The van der Waals surface area contributed by atoms with E-state index in [1.54, 1.807) is 0 Å². The molecule has 2 aromatic carbocycles. The molecule has 3 heteroatoms. The fraction of sp³-hybridized carbons (Fsp3) is 0.348. The number of hydrogen-bond donors (Lipinski definition) is 1. The number of nitrogens with zero attached hydrogens (tertiary/aromatic N) is 1. The average molecular weight is 346 g/mol. The number of ketones is 1. The standard InChI is InChI=1S/C23H26N2O/c26-23(21-17-24-22-9-5-4-8-20(21)22)12-15-25-13-10-19(11-14-25)16-18-6-2-1-3-7-18/h1-9,17,19,24H,10-16H2. The minimum Gasteiger partial charge on any atom is -0.360 e. The number of carbonyl (C=O) groups is 1. The number of aromatic amines is 1. The summed E-state index contributed by atoms with van der Waals surface area (Å²) in [6.45, 7) is 3.09. The van der Waals surface area contributed by atoms with Crippen LogP contribution < -0.4 is 0 Å². The Labute approximate surface area is 155 Å². The highest BCUT2D eigenvalue weighted by atomic mass is 16.1. The number of Topliss-reactive ketones (excluding diaryl/α,β-unsaturated/α-hetero) is 1. The normalized spacial score (nSPS) is 16.2. The molecule has 3 nitrogen and oxygen atoms in total. The lowest BCUT2D eigenvalue weighted by atomic mass is 9.90. The Hall–Kier alpha value is -2.39. The van der Waals surface area contributed by atoms with E-state index >= 15 is 0 Å². The molecule has 0 unspecified atom stereocenters. The number of rotatable bonds is 6. The van der Waals surface area contributed by atoms with Crippen LogP contribution >= 0.6 is 0 Å². The maximum Gasteiger partial charge on any atom is 0.166 e. The number of carbonyl (C=O) groups excluding carboxylic acids is 1. The van der Waals surface area contributed by atoms with Crippen LogP contribution in [-0.2, 0) is 6.42 Å². The molecule has 1 fully saturated rings. The van der Waals surface area contributed by atoms with Crippen LogP contribution in [0.4, 0.5) is 0 Å². The van der Waals surface area contributed by atoms with Crippen LogP contribution in [0, 0.1) is 5.92 Å². The zero-order valence-corrected chi connectivity index (χ0v) is 15.2. The monoisotopic (exact) mass is 346 g/mol. The maximum absolute atomic E-state index is 12.6. The predicted octanol–water partition coefficient (Wildman–Crippen LogP) is 4.70. The summed E-state index contributed by atoms with van der Waals surface area (Å²) in [5.74, 6) is 1.02. The Morgan fingerprint density at radius 1 is 1.00 bits per heavy atom. The van der Waals surface area contributed by atoms with Crippen LogP contribution in [0.3, 0.4) is 0 Å². The van der Waals surface area contributed by atoms with Gasteiger partial charge in [-0.1, -0.05) is 48.5 Å². The molecule has 1 aliphatic heterocycles. The van der Waals surface area contributed by atoms with Crippen LogP contribution in [0.25, 0.3) is 10.9 Å². The van der Waals surface area contributed by atoms with Gasteiger partial charge in [-0.15, -0.1) is 0 Å². The number of hydrogen-bond acceptors (Lipinski definition) is 2. The molecule has 0 aliphatic carbocycles. The molecule has 2 heterocycles. The fourth-order valence-electron chi connectivity index (χ4n) is 4.06. The molecule has 1 N–H and O–H groups in total. The van der Waals surface area contributed by atoms with Gasteiger partial charge < -0.3 is 9.88 Å². The van der Waals surface area contributed by atoms with E-state index in [1.165, 1.54) is 24.8 Å². The third-order valence-electron chi connectivity index (χ3n) is 5.62. The van der Waals surface area contributed by atoms with Crippen molar-refractivity contribution in [3.8, 4) is 0 Å². The van der Waals surface area contributed by atoms with Gasteiger partial charge in [-0.25, -0.2) is 0 Å². The Bertz CT molecular complexity index is 860. The lowest BCUT2D eigenvalue weighted by Gasteiger charge is -2.31. The molecule has 26 heavy (non-hydrogen) atoms. The van der Waals surface area contributed by atoms with E-state index in [4.69, 9.17) is 0 Å². The first-order chi connectivity index (χ1) is 12.8. The molecule has 1 aromatic heterocycles. The largest absolute Gasteiger partial charge is 0.360 e. The molecular weight excluding hydrogens is 320 g/mol. The molecule has 0 amide bonds. The number of nitrogens with one attached hydrogen (secondary N) is 1. The van der Waals surface area contributed by atoms with Gasteiger partial charge >= 0.3 is 0 Å². The first kappa shape index (κ1) is 17.0. The SMILES string of the molecule is O=C(CCN1CCC(Cc2ccccc2)CC1)c1c[nH]c2ccccc12. The highest BCUT2D eigenvalue weighted by Gasteiger charge is 2.20. The van der Waals surface area contributed by atoms with Crippen molar-refractivity contribution >= 4 is 16.7 Å². The van der Waals surface area contributed by atoms with Crippen molar-refractivity contribution in [1.82, 2.24) is 9.88 Å². The van der Waals surface area contributed by atoms with Gasteiger partial charge in [0.25, 0.3) is 0 Å². The summed E-state index contributed by atoms with van der Waals surface area (Å²) < 4.78 is 0. The quantitative estimate of drug-likeness (QED) is 0.657. The van der Waals surface area contributed by atoms with Crippen LogP contribution in [0.2, 0.25) is 0 Å². The van der Waals surface area contributed by atoms with Crippen LogP contribution in [0.15, 0.2) is 60.8 Å². The van der Waals surface area contributed by atoms with E-state index < -0.39 is 0 Å². The molecule has 0 radical (unpaired) electrons. The number of aromatic nitrogens is 1. The van der Waals surface area contributed by atoms with Crippen molar-refractivity contribution in [3.05, 3.63) is 71.9 Å². The van der Waals surface area contributed by atoms with E-state index in [-0.39, 0.29) is 5.78 Å². The van der Waals surface area contributed by atoms with E-state index in [9.17, 15) is 4.79 Å². The Kier molecular flexibility index (Phi) is 5.16. The Morgan fingerprint density at radius 2 is 1.73 bits per heavy atom. The first-order valence-electron chi connectivity index (χ1n) is 9.65. The lowest BCUT2D eigenvalue weighted by molar-refractivity contribution is 0.0952. The number of H-pyrrole nitrogens is 1. The summed E-state index contributed by atoms with van der Waals surface area (Å²) in [6.07, 6.45) is 6.11. The molecule has 4 rings (SSSR count). The van der Waals surface area contributed by atoms with Gasteiger partial charge in [-0.2, -0.15) is 0 Å². The van der Waals surface area contributed by atoms with Crippen LogP contribution in [0.5, 0.6) is 0 Å². The highest BCUT2D eigenvalue weighted by molar-refractivity contribution is 6.07. The summed E-state index contributed by atoms with van der Waals surface area (Å²) >= 11 is 0. The second-order valence-corrected chi connectivity index (χ2v) is 7.40. The zero-order valence-electron chi connectivity index (χ0n) is 15.2. The fourth-order valence-corrected chi connectivity index (χ4v) is 4.06. The van der Waals surface area contributed by atoms with Gasteiger partial charge in [0, 0.05) is 35.6 Å². The number of piperidine rings is 1. The molecular formula is C23H26N2O. The smallest absolute Gasteiger partial charge is 0.166 e. The van der Waals surface area contributed by atoms with Crippen molar-refractivity contribution < 1.29 is 4.79 Å². The van der Waals surface area contributed by atoms with Crippen LogP contribution in [0.1, 0.15) is 35.2 Å². The van der Waals surface area contributed by atoms with Crippen molar-refractivity contribution in [2.75, 3.05) is 19.6 Å². The number of para-hydroxylation sites is 1. The predicted molar refractivity (Wildman–Crippen MR) is 107 cm³/mol. The van der Waals surface area contributed by atoms with Gasteiger partial charge in [-0.3, -0.25) is 4.79 Å². The van der Waals surface area contributed by atoms with E-state index in [2.05, 4.69) is 40.2 Å². The van der Waals surface area contributed by atoms with Gasteiger partial charge in [0.1, 0.15) is 0 Å². The number of likely N-dealkylation sites (tertiary alicyclic amines) is 1. The molecule has 0 atom stereocenters. The molecule has 0 bridgehead atoms. The van der Waals surface area contributed by atoms with Crippen molar-refractivity contribution in [2.45, 2.75) is 25.7 Å². The van der Waals surface area contributed by atoms with Gasteiger partial charge in [0.05, 0.1) is 0 Å². The summed E-state index contributed by atoms with van der Waals surface area (Å²) in [5.41, 5.74) is 3.32. The minimum absolute atomic E-state index is 0.244. The van der Waals surface area contributed by atoms with Gasteiger partial charge in [-0.05, 0) is 49.9 Å². The lowest BCUT2D eigenvalue weighted by Crippen LogP contribution is -2.35. The molecule has 1 saturated heterocycles. The summed E-state index contributed by atoms with van der Waals surface area (Å²) in [5, 5.41) is 1.04. The van der Waals surface area contributed by atoms with Crippen molar-refractivity contribution in [2.24, 2.45) is 5.92 Å². The third-order valence-corrected chi connectivity index (χ3v) is 5.62. The van der Waals surface area contributed by atoms with E-state index in [0.29, 0.717) is 6.42 Å². The molecule has 0 spiro atoms. The third kappa shape index (κ3) is 3.88. The maximum atomic E-state index is 12.6. The molecule has 134 valence electrons. The number of benzene rings is 2. The Morgan fingerprint density at radius 3 is 2.54 bits per heavy atom. The van der Waals surface area contributed by atoms with Crippen LogP contribution in [-0.4, -0.2) is 35.3 Å². The first-order valence-corrected chi connectivity index (χ1v) is 9.65. The molecule has 1 aliphatic rings. The summed E-state index contributed by atoms with van der Waals surface area (Å²) in [7, 11) is 0. The second-order valence-electron chi connectivity index (χ2n) is 7.40. The second kappa shape index (κ2) is 7.88.